The van der Waals surface area contributed by atoms with Crippen LogP contribution in [-0.2, 0) is 34.0 Å². The summed E-state index contributed by atoms with van der Waals surface area (Å²) in [5.74, 6) is 3.33. The Morgan fingerprint density at radius 1 is 0.425 bits per heavy atom. The van der Waals surface area contributed by atoms with Gasteiger partial charge in [-0.2, -0.15) is 0 Å². The number of aliphatic carboxylic acids is 1. The highest BCUT2D eigenvalue weighted by Gasteiger charge is 2.16. The van der Waals surface area contributed by atoms with Crippen molar-refractivity contribution in [1.29, 1.82) is 0 Å². The summed E-state index contributed by atoms with van der Waals surface area (Å²) < 4.78 is 41.7. The Hall–Kier alpha value is -9.49. The van der Waals surface area contributed by atoms with E-state index in [9.17, 15) is 34.8 Å². The van der Waals surface area contributed by atoms with E-state index in [1.54, 1.807) is 36.4 Å². The maximum absolute atomic E-state index is 11.9. The number of hydrogen-bond donors (Lipinski definition) is 8. The Bertz CT molecular complexity index is 2970. The molecular weight excluding hydrogens is 947 g/mol. The largest absolute Gasteiger partial charge is 0.504 e. The van der Waals surface area contributed by atoms with E-state index in [1.807, 2.05) is 54.6 Å². The van der Waals surface area contributed by atoms with Crippen LogP contribution in [0.25, 0.3) is 18.2 Å². The first-order valence-corrected chi connectivity index (χ1v) is 21.5. The molecule has 0 saturated heterocycles. The number of hydrogen-bond acceptors (Lipinski definition) is 16. The number of amides is 2. The van der Waals surface area contributed by atoms with Gasteiger partial charge in [0.25, 0.3) is 0 Å². The predicted molar refractivity (Wildman–Crippen MR) is 270 cm³/mol. The standard InChI is InChI=1S/C18H15NO5.C16H15NO5.C10H8O4.C8H9NO2.2CH4/c20-18(6-3-12-1-4-14-16(7-12)23-10-21-14)19-9-13-2-5-15-17(8-13)24-11-22-15;18-12-4-1-10(7-14(12)20)3-6-16(22)17-9-11-2-5-13(19)15(21)8-11;11-10(12)4-2-7-1-3-8-9(5-7)14-6-13-8;9-4-6-1-2-7-8(3-6)11-5-10-7;;/h1-8H,9-11H2,(H,19,20);1-8,18-21H,9H2,(H,17,22);1-5H,6H2,(H,11,12);1-3H,4-5,9H2;2*1H4/b2*6-3+;4-2+;;;. The van der Waals surface area contributed by atoms with Crippen LogP contribution in [0.4, 0.5) is 0 Å². The number of ether oxygens (including phenoxy) is 8. The van der Waals surface area contributed by atoms with Crippen LogP contribution in [0.15, 0.2) is 127 Å². The first-order valence-electron chi connectivity index (χ1n) is 21.5. The molecule has 0 spiro atoms. The molecule has 9 N–H and O–H groups in total. The van der Waals surface area contributed by atoms with Crippen LogP contribution in [0.2, 0.25) is 0 Å². The Labute approximate surface area is 420 Å². The zero-order chi connectivity index (χ0) is 50.1. The number of benzene rings is 6. The molecule has 4 aliphatic rings. The topological polar surface area (TPSA) is 276 Å². The van der Waals surface area contributed by atoms with Crippen molar-refractivity contribution in [2.75, 3.05) is 27.2 Å². The predicted octanol–water partition coefficient (Wildman–Crippen LogP) is 7.97. The molecule has 0 bridgehead atoms. The van der Waals surface area contributed by atoms with Crippen molar-refractivity contribution in [3.8, 4) is 69.0 Å². The molecule has 0 fully saturated rings. The molecule has 4 heterocycles. The summed E-state index contributed by atoms with van der Waals surface area (Å²) in [6, 6.07) is 30.6. The first kappa shape index (κ1) is 54.5. The number of carbonyl (C=O) groups is 3. The second-order valence-corrected chi connectivity index (χ2v) is 15.1. The normalized spacial score (nSPS) is 12.5. The summed E-state index contributed by atoms with van der Waals surface area (Å²) in [5.41, 5.74) is 10.3. The fraction of sp³-hybridized carbons (Fsp3) is 0.167. The smallest absolute Gasteiger partial charge is 0.328 e. The quantitative estimate of drug-likeness (QED) is 0.0451. The average molecular weight is 1000 g/mol. The van der Waals surface area contributed by atoms with Gasteiger partial charge in [-0.15, -0.1) is 0 Å². The van der Waals surface area contributed by atoms with Crippen LogP contribution in [0.1, 0.15) is 48.2 Å². The van der Waals surface area contributed by atoms with Crippen LogP contribution in [0.5, 0.6) is 69.0 Å². The second-order valence-electron chi connectivity index (χ2n) is 15.1. The molecule has 0 radical (unpaired) electrons. The van der Waals surface area contributed by atoms with Gasteiger partial charge in [-0.25, -0.2) is 4.79 Å². The third-order valence-corrected chi connectivity index (χ3v) is 10.1. The van der Waals surface area contributed by atoms with Crippen LogP contribution >= 0.6 is 0 Å². The number of aromatic hydroxyl groups is 4. The number of fused-ring (bicyclic) bond motifs is 4. The van der Waals surface area contributed by atoms with E-state index < -0.39 is 5.97 Å². The monoisotopic (exact) mass is 1000 g/mol. The van der Waals surface area contributed by atoms with Gasteiger partial charge < -0.3 is 79.8 Å². The molecule has 6 aromatic carbocycles. The molecule has 2 amide bonds. The minimum atomic E-state index is -0.970. The number of nitrogens with two attached hydrogens (primary N) is 1. The Morgan fingerprint density at radius 2 is 0.767 bits per heavy atom. The molecule has 73 heavy (non-hydrogen) atoms. The van der Waals surface area contributed by atoms with Crippen molar-refractivity contribution in [1.82, 2.24) is 10.6 Å². The van der Waals surface area contributed by atoms with Gasteiger partial charge in [0.2, 0.25) is 39.0 Å². The molecule has 10 rings (SSSR count). The highest BCUT2D eigenvalue weighted by atomic mass is 16.7. The van der Waals surface area contributed by atoms with Crippen molar-refractivity contribution in [2.24, 2.45) is 5.73 Å². The summed E-state index contributed by atoms with van der Waals surface area (Å²) in [6.45, 7) is 2.17. The molecular formula is C54H55N3O16. The van der Waals surface area contributed by atoms with Gasteiger partial charge in [0.15, 0.2) is 69.0 Å². The molecule has 6 aromatic rings. The summed E-state index contributed by atoms with van der Waals surface area (Å²) in [7, 11) is 0. The number of nitrogens with one attached hydrogen (secondary N) is 2. The van der Waals surface area contributed by atoms with E-state index in [2.05, 4.69) is 10.6 Å². The van der Waals surface area contributed by atoms with Gasteiger partial charge in [0, 0.05) is 37.9 Å². The van der Waals surface area contributed by atoms with Crippen LogP contribution in [-0.4, -0.2) is 70.5 Å². The number of phenolic OH excluding ortho intramolecular Hbond substituents is 4. The summed E-state index contributed by atoms with van der Waals surface area (Å²) in [6.07, 6.45) is 8.58. The number of rotatable bonds is 11. The lowest BCUT2D eigenvalue weighted by Gasteiger charge is -2.04. The molecule has 0 aliphatic carbocycles. The maximum atomic E-state index is 11.9. The highest BCUT2D eigenvalue weighted by Crippen LogP contribution is 2.35. The van der Waals surface area contributed by atoms with Crippen molar-refractivity contribution in [2.45, 2.75) is 34.5 Å². The van der Waals surface area contributed by atoms with Gasteiger partial charge in [-0.3, -0.25) is 9.59 Å². The molecule has 0 unspecified atom stereocenters. The second kappa shape index (κ2) is 26.5. The lowest BCUT2D eigenvalue weighted by molar-refractivity contribution is -0.131. The van der Waals surface area contributed by atoms with Crippen LogP contribution in [0, 0.1) is 0 Å². The van der Waals surface area contributed by atoms with Crippen molar-refractivity contribution >= 4 is 36.0 Å². The van der Waals surface area contributed by atoms with Crippen molar-refractivity contribution in [3.63, 3.8) is 0 Å². The summed E-state index contributed by atoms with van der Waals surface area (Å²) >= 11 is 0. The molecule has 19 nitrogen and oxygen atoms in total. The average Bonchev–Trinajstić information content (AvgIpc) is 4.23. The van der Waals surface area contributed by atoms with E-state index in [-0.39, 0.29) is 76.6 Å². The number of phenols is 4. The van der Waals surface area contributed by atoms with Gasteiger partial charge in [0.05, 0.1) is 0 Å². The summed E-state index contributed by atoms with van der Waals surface area (Å²) in [5, 5.41) is 50.9. The minimum Gasteiger partial charge on any atom is -0.504 e. The Balaban J connectivity index is 0.000000186. The third kappa shape index (κ3) is 16.0. The highest BCUT2D eigenvalue weighted by molar-refractivity contribution is 5.92. The number of carboxylic acids is 1. The molecule has 0 saturated carbocycles. The number of carboxylic acid groups (broad SMARTS) is 1. The maximum Gasteiger partial charge on any atom is 0.328 e. The zero-order valence-electron chi connectivity index (χ0n) is 37.6. The molecule has 0 aromatic heterocycles. The van der Waals surface area contributed by atoms with Gasteiger partial charge in [-0.05, 0) is 124 Å². The fourth-order valence-corrected chi connectivity index (χ4v) is 6.48. The Morgan fingerprint density at radius 3 is 1.22 bits per heavy atom. The first-order chi connectivity index (χ1) is 34.4. The van der Waals surface area contributed by atoms with Crippen LogP contribution in [0.3, 0.4) is 0 Å². The van der Waals surface area contributed by atoms with E-state index in [1.165, 1.54) is 48.6 Å². The van der Waals surface area contributed by atoms with E-state index in [4.69, 9.17) is 48.7 Å². The third-order valence-electron chi connectivity index (χ3n) is 10.1. The number of carbonyl (C=O) groups excluding carboxylic acids is 2. The lowest BCUT2D eigenvalue weighted by Crippen LogP contribution is -2.20. The molecule has 0 atom stereocenters. The Kier molecular flexibility index (Phi) is 19.8. The molecule has 4 aliphatic heterocycles. The van der Waals surface area contributed by atoms with E-state index in [0.717, 1.165) is 51.3 Å². The zero-order valence-corrected chi connectivity index (χ0v) is 37.6. The molecule has 19 heteroatoms. The summed E-state index contributed by atoms with van der Waals surface area (Å²) in [4.78, 5) is 33.9. The van der Waals surface area contributed by atoms with Crippen molar-refractivity contribution in [3.05, 3.63) is 161 Å². The lowest BCUT2D eigenvalue weighted by atomic mass is 10.2. The van der Waals surface area contributed by atoms with Gasteiger partial charge in [0.1, 0.15) is 0 Å². The van der Waals surface area contributed by atoms with Gasteiger partial charge in [-0.1, -0.05) is 51.3 Å². The SMILES string of the molecule is C.C.NCc1ccc2c(c1)OCO2.O=C(/C=C/c1ccc(O)c(O)c1)NCc1ccc(O)c(O)c1.O=C(/C=C/c1ccc2c(c1)OCO2)NCc1ccc2c(c1)OCO2.O=C(O)/C=C/c1ccc2c(c1)OCO2. The van der Waals surface area contributed by atoms with E-state index in [0.29, 0.717) is 54.0 Å². The van der Waals surface area contributed by atoms with Gasteiger partial charge >= 0.3 is 5.97 Å². The van der Waals surface area contributed by atoms with Crippen molar-refractivity contribution < 1.29 is 77.8 Å². The molecule has 382 valence electrons. The minimum absolute atomic E-state index is 0. The van der Waals surface area contributed by atoms with E-state index >= 15 is 0 Å². The van der Waals surface area contributed by atoms with Crippen LogP contribution < -0.4 is 54.3 Å². The fourth-order valence-electron chi connectivity index (χ4n) is 6.48.